The fourth-order valence-electron chi connectivity index (χ4n) is 2.75. The lowest BCUT2D eigenvalue weighted by Gasteiger charge is -2.18. The Balaban J connectivity index is 2.26. The molecule has 1 aliphatic carbocycles. The molecule has 2 aromatic heterocycles. The number of furan rings is 1. The number of alkyl halides is 3. The van der Waals surface area contributed by atoms with E-state index < -0.39 is 23.5 Å². The molecule has 0 saturated heterocycles. The highest BCUT2D eigenvalue weighted by Gasteiger charge is 2.46. The first-order valence-corrected chi connectivity index (χ1v) is 6.78. The highest BCUT2D eigenvalue weighted by Crippen LogP contribution is 2.48. The van der Waals surface area contributed by atoms with Crippen molar-refractivity contribution >= 4 is 5.97 Å². The third-order valence-electron chi connectivity index (χ3n) is 3.67. The number of H-pyrrole nitrogens is 1. The molecule has 1 N–H and O–H groups in total. The van der Waals surface area contributed by atoms with Gasteiger partial charge in [-0.25, -0.2) is 4.79 Å². The van der Waals surface area contributed by atoms with E-state index >= 15 is 0 Å². The number of carbonyl (C=O) groups is 1. The van der Waals surface area contributed by atoms with Crippen molar-refractivity contribution in [3.63, 3.8) is 0 Å². The minimum atomic E-state index is -4.73. The zero-order chi connectivity index (χ0) is 16.1. The molecule has 0 saturated carbocycles. The summed E-state index contributed by atoms with van der Waals surface area (Å²) in [4.78, 5) is 11.8. The zero-order valence-corrected chi connectivity index (χ0v) is 11.9. The molecule has 3 rings (SSSR count). The normalized spacial score (nSPS) is 17.0. The van der Waals surface area contributed by atoms with Gasteiger partial charge in [0.1, 0.15) is 11.3 Å². The van der Waals surface area contributed by atoms with E-state index in [1.165, 1.54) is 13.1 Å². The Bertz CT molecular complexity index is 730. The minimum absolute atomic E-state index is 0.0345. The third-order valence-corrected chi connectivity index (χ3v) is 3.67. The Hall–Kier alpha value is -2.25. The molecular formula is C14H13F3N2O3. The van der Waals surface area contributed by atoms with E-state index in [1.54, 1.807) is 0 Å². The van der Waals surface area contributed by atoms with Crippen molar-refractivity contribution in [1.82, 2.24) is 10.2 Å². The Morgan fingerprint density at radius 1 is 1.55 bits per heavy atom. The minimum Gasteiger partial charge on any atom is -0.460 e. The molecule has 118 valence electrons. The molecule has 0 unspecified atom stereocenters. The number of aromatic nitrogens is 2. The fourth-order valence-corrected chi connectivity index (χ4v) is 2.75. The maximum absolute atomic E-state index is 13.5. The topological polar surface area (TPSA) is 68.1 Å². The van der Waals surface area contributed by atoms with Gasteiger partial charge in [-0.15, -0.1) is 0 Å². The van der Waals surface area contributed by atoms with Crippen LogP contribution in [0.15, 0.2) is 10.6 Å². The highest BCUT2D eigenvalue weighted by atomic mass is 19.4. The molecular weight excluding hydrogens is 301 g/mol. The summed E-state index contributed by atoms with van der Waals surface area (Å²) in [5.41, 5.74) is -0.311. The van der Waals surface area contributed by atoms with Gasteiger partial charge < -0.3 is 9.15 Å². The number of nitrogens with zero attached hydrogens (tertiary/aromatic N) is 1. The van der Waals surface area contributed by atoms with Crippen LogP contribution in [0.4, 0.5) is 13.2 Å². The van der Waals surface area contributed by atoms with E-state index in [4.69, 9.17) is 4.42 Å². The summed E-state index contributed by atoms with van der Waals surface area (Å²) in [6, 6.07) is 0. The Labute approximate surface area is 123 Å². The van der Waals surface area contributed by atoms with Crippen LogP contribution >= 0.6 is 0 Å². The summed E-state index contributed by atoms with van der Waals surface area (Å²) < 4.78 is 50.3. The largest absolute Gasteiger partial charge is 0.460 e. The van der Waals surface area contributed by atoms with Gasteiger partial charge in [0.25, 0.3) is 0 Å². The maximum atomic E-state index is 13.5. The number of nitrogens with one attached hydrogen (secondary N) is 1. The van der Waals surface area contributed by atoms with Crippen LogP contribution < -0.4 is 0 Å². The lowest BCUT2D eigenvalue weighted by molar-refractivity contribution is -0.138. The van der Waals surface area contributed by atoms with Crippen LogP contribution in [0.1, 0.15) is 47.2 Å². The predicted molar refractivity (Wildman–Crippen MR) is 69.4 cm³/mol. The summed E-state index contributed by atoms with van der Waals surface area (Å²) in [5, 5.41) is 6.40. The fraction of sp³-hybridized carbons (Fsp3) is 0.429. The van der Waals surface area contributed by atoms with Crippen molar-refractivity contribution in [2.75, 3.05) is 6.61 Å². The number of carbonyl (C=O) groups excluding carboxylic acids is 1. The number of esters is 1. The van der Waals surface area contributed by atoms with Crippen LogP contribution in [-0.2, 0) is 17.3 Å². The van der Waals surface area contributed by atoms with E-state index in [2.05, 4.69) is 14.9 Å². The maximum Gasteiger partial charge on any atom is 0.421 e. The number of hydrogen-bond acceptors (Lipinski definition) is 4. The molecule has 1 atom stereocenters. The predicted octanol–water partition coefficient (Wildman–Crippen LogP) is 3.52. The number of fused-ring (bicyclic) bond motifs is 3. The Kier molecular flexibility index (Phi) is 3.26. The quantitative estimate of drug-likeness (QED) is 0.861. The van der Waals surface area contributed by atoms with Crippen molar-refractivity contribution in [1.29, 1.82) is 0 Å². The van der Waals surface area contributed by atoms with E-state index in [-0.39, 0.29) is 36.0 Å². The molecule has 0 spiro atoms. The van der Waals surface area contributed by atoms with Crippen molar-refractivity contribution < 1.29 is 27.1 Å². The Morgan fingerprint density at radius 3 is 2.91 bits per heavy atom. The molecule has 22 heavy (non-hydrogen) atoms. The van der Waals surface area contributed by atoms with Crippen LogP contribution in [0.25, 0.3) is 11.3 Å². The number of halogens is 3. The number of rotatable bonds is 2. The molecule has 2 aromatic rings. The van der Waals surface area contributed by atoms with E-state index in [0.29, 0.717) is 5.56 Å². The summed E-state index contributed by atoms with van der Waals surface area (Å²) in [5.74, 6) is -1.84. The number of ether oxygens (including phenoxy) is 1. The van der Waals surface area contributed by atoms with Gasteiger partial charge in [0.15, 0.2) is 0 Å². The van der Waals surface area contributed by atoms with Gasteiger partial charge in [-0.2, -0.15) is 18.3 Å². The van der Waals surface area contributed by atoms with E-state index in [9.17, 15) is 18.0 Å². The molecule has 8 heteroatoms. The average Bonchev–Trinajstić information content (AvgIpc) is 3.01. The first kappa shape index (κ1) is 14.7. The molecule has 0 radical (unpaired) electrons. The van der Waals surface area contributed by atoms with Gasteiger partial charge in [0, 0.05) is 12.0 Å². The summed E-state index contributed by atoms with van der Waals surface area (Å²) in [7, 11) is 0. The van der Waals surface area contributed by atoms with Crippen LogP contribution in [0.2, 0.25) is 0 Å². The van der Waals surface area contributed by atoms with E-state index in [1.807, 2.05) is 6.92 Å². The molecule has 0 fully saturated rings. The molecule has 2 heterocycles. The standard InChI is InChI=1S/C14H13F3N2O3/c1-3-21-13(20)12-10(14(15,16)17)9-8(22-12)4-6(2)7-5-18-19-11(7)9/h5-6H,3-4H2,1-2H3,(H,18,19)/t6-/m0/s1. The second-order valence-electron chi connectivity index (χ2n) is 5.13. The van der Waals surface area contributed by atoms with Gasteiger partial charge in [0.05, 0.1) is 24.1 Å². The average molecular weight is 314 g/mol. The summed E-state index contributed by atoms with van der Waals surface area (Å²) in [6.45, 7) is 3.34. The third kappa shape index (κ3) is 2.10. The van der Waals surface area contributed by atoms with Crippen molar-refractivity contribution in [3.8, 4) is 11.3 Å². The molecule has 0 amide bonds. The summed E-state index contributed by atoms with van der Waals surface area (Å²) in [6.07, 6.45) is -2.97. The second kappa shape index (κ2) is 4.89. The monoisotopic (exact) mass is 314 g/mol. The molecule has 5 nitrogen and oxygen atoms in total. The van der Waals surface area contributed by atoms with Gasteiger partial charge >= 0.3 is 12.1 Å². The van der Waals surface area contributed by atoms with Crippen molar-refractivity contribution in [2.45, 2.75) is 32.4 Å². The number of aromatic amines is 1. The first-order chi connectivity index (χ1) is 10.3. The number of hydrogen-bond donors (Lipinski definition) is 1. The van der Waals surface area contributed by atoms with Crippen LogP contribution in [-0.4, -0.2) is 22.8 Å². The van der Waals surface area contributed by atoms with Crippen LogP contribution in [0, 0.1) is 0 Å². The second-order valence-corrected chi connectivity index (χ2v) is 5.13. The highest BCUT2D eigenvalue weighted by molar-refractivity contribution is 5.92. The first-order valence-electron chi connectivity index (χ1n) is 6.78. The van der Waals surface area contributed by atoms with Gasteiger partial charge in [-0.05, 0) is 12.8 Å². The van der Waals surface area contributed by atoms with Crippen LogP contribution in [0.5, 0.6) is 0 Å². The molecule has 0 bridgehead atoms. The molecule has 0 aliphatic heterocycles. The summed E-state index contributed by atoms with van der Waals surface area (Å²) >= 11 is 0. The molecule has 1 aliphatic rings. The molecule has 0 aromatic carbocycles. The van der Waals surface area contributed by atoms with Gasteiger partial charge in [-0.3, -0.25) is 5.10 Å². The zero-order valence-electron chi connectivity index (χ0n) is 11.9. The lowest BCUT2D eigenvalue weighted by Crippen LogP contribution is -2.15. The Morgan fingerprint density at radius 2 is 2.27 bits per heavy atom. The SMILES string of the molecule is CCOC(=O)c1oc2c(c1C(F)(F)F)-c1[nH]ncc1[C@@H](C)C2. The smallest absolute Gasteiger partial charge is 0.421 e. The van der Waals surface area contributed by atoms with E-state index in [0.717, 1.165) is 0 Å². The van der Waals surface area contributed by atoms with Gasteiger partial charge in [0.2, 0.25) is 5.76 Å². The lowest BCUT2D eigenvalue weighted by atomic mass is 9.86. The van der Waals surface area contributed by atoms with Crippen molar-refractivity contribution in [3.05, 3.63) is 28.8 Å². The van der Waals surface area contributed by atoms with Crippen molar-refractivity contribution in [2.24, 2.45) is 0 Å². The van der Waals surface area contributed by atoms with Gasteiger partial charge in [-0.1, -0.05) is 6.92 Å². The van der Waals surface area contributed by atoms with Crippen LogP contribution in [0.3, 0.4) is 0 Å².